The van der Waals surface area contributed by atoms with Crippen molar-refractivity contribution in [1.82, 2.24) is 0 Å². The number of nitrogens with two attached hydrogens (primary N) is 1. The van der Waals surface area contributed by atoms with Crippen LogP contribution in [0.1, 0.15) is 11.1 Å². The molecule has 3 heteroatoms. The first-order valence-electron chi connectivity index (χ1n) is 6.24. The first-order chi connectivity index (χ1) is 9.08. The highest BCUT2D eigenvalue weighted by molar-refractivity contribution is 5.94. The normalized spacial score (nSPS) is 10.2. The van der Waals surface area contributed by atoms with E-state index in [0.717, 1.165) is 16.8 Å². The molecule has 0 heterocycles. The van der Waals surface area contributed by atoms with E-state index in [1.165, 1.54) is 0 Å². The van der Waals surface area contributed by atoms with Gasteiger partial charge in [-0.05, 0) is 36.2 Å². The maximum Gasteiger partial charge on any atom is 0.231 e. The van der Waals surface area contributed by atoms with Crippen molar-refractivity contribution in [2.75, 3.05) is 17.7 Å². The molecule has 1 amide bonds. The first kappa shape index (κ1) is 13.1. The average Bonchev–Trinajstić information content (AvgIpc) is 2.40. The summed E-state index contributed by atoms with van der Waals surface area (Å²) in [6.07, 6.45) is 0.317. The first-order valence-corrected chi connectivity index (χ1v) is 6.24. The molecule has 0 fully saturated rings. The molecular formula is C16H18N2O. The molecular weight excluding hydrogens is 236 g/mol. The van der Waals surface area contributed by atoms with Crippen molar-refractivity contribution in [2.45, 2.75) is 13.3 Å². The van der Waals surface area contributed by atoms with Crippen LogP contribution in [-0.4, -0.2) is 13.0 Å². The molecule has 0 aliphatic heterocycles. The molecule has 19 heavy (non-hydrogen) atoms. The van der Waals surface area contributed by atoms with Crippen LogP contribution in [0.4, 0.5) is 11.4 Å². The lowest BCUT2D eigenvalue weighted by atomic mass is 10.1. The van der Waals surface area contributed by atoms with Crippen LogP contribution in [0, 0.1) is 6.92 Å². The van der Waals surface area contributed by atoms with Crippen LogP contribution >= 0.6 is 0 Å². The molecule has 3 nitrogen and oxygen atoms in total. The SMILES string of the molecule is Cc1cccc(N(C)C(=O)Cc2ccccc2N)c1. The fourth-order valence-electron chi connectivity index (χ4n) is 1.96. The van der Waals surface area contributed by atoms with Gasteiger partial charge in [-0.15, -0.1) is 0 Å². The van der Waals surface area contributed by atoms with Crippen molar-refractivity contribution in [3.05, 3.63) is 59.7 Å². The summed E-state index contributed by atoms with van der Waals surface area (Å²) in [6.45, 7) is 2.01. The van der Waals surface area contributed by atoms with Gasteiger partial charge in [-0.25, -0.2) is 0 Å². The number of benzene rings is 2. The molecule has 0 saturated heterocycles. The zero-order chi connectivity index (χ0) is 13.8. The summed E-state index contributed by atoms with van der Waals surface area (Å²) in [4.78, 5) is 13.9. The van der Waals surface area contributed by atoms with Crippen LogP contribution in [0.2, 0.25) is 0 Å². The molecule has 2 rings (SSSR count). The number of carbonyl (C=O) groups excluding carboxylic acids is 1. The lowest BCUT2D eigenvalue weighted by Gasteiger charge is -2.18. The van der Waals surface area contributed by atoms with Crippen molar-refractivity contribution in [3.8, 4) is 0 Å². The number of nitrogens with zero attached hydrogens (tertiary/aromatic N) is 1. The van der Waals surface area contributed by atoms with Gasteiger partial charge >= 0.3 is 0 Å². The Morgan fingerprint density at radius 1 is 1.16 bits per heavy atom. The van der Waals surface area contributed by atoms with Crippen molar-refractivity contribution in [3.63, 3.8) is 0 Å². The molecule has 0 radical (unpaired) electrons. The fourth-order valence-corrected chi connectivity index (χ4v) is 1.96. The predicted molar refractivity (Wildman–Crippen MR) is 79.1 cm³/mol. The minimum Gasteiger partial charge on any atom is -0.398 e. The molecule has 2 aromatic rings. The van der Waals surface area contributed by atoms with E-state index in [0.29, 0.717) is 12.1 Å². The fraction of sp³-hybridized carbons (Fsp3) is 0.188. The lowest BCUT2D eigenvalue weighted by Crippen LogP contribution is -2.28. The van der Waals surface area contributed by atoms with E-state index < -0.39 is 0 Å². The van der Waals surface area contributed by atoms with Gasteiger partial charge in [-0.2, -0.15) is 0 Å². The van der Waals surface area contributed by atoms with E-state index in [1.807, 2.05) is 55.5 Å². The Morgan fingerprint density at radius 3 is 2.58 bits per heavy atom. The summed E-state index contributed by atoms with van der Waals surface area (Å²) in [7, 11) is 1.79. The van der Waals surface area contributed by atoms with Gasteiger partial charge in [0.1, 0.15) is 0 Å². The lowest BCUT2D eigenvalue weighted by molar-refractivity contribution is -0.117. The van der Waals surface area contributed by atoms with Gasteiger partial charge in [-0.3, -0.25) is 4.79 Å². The molecule has 2 N–H and O–H groups in total. The van der Waals surface area contributed by atoms with Crippen molar-refractivity contribution in [2.24, 2.45) is 0 Å². The largest absolute Gasteiger partial charge is 0.398 e. The second-order valence-electron chi connectivity index (χ2n) is 4.67. The summed E-state index contributed by atoms with van der Waals surface area (Å²) in [5.41, 5.74) is 9.43. The number of hydrogen-bond acceptors (Lipinski definition) is 2. The maximum absolute atomic E-state index is 12.2. The van der Waals surface area contributed by atoms with Crippen LogP contribution in [0.15, 0.2) is 48.5 Å². The van der Waals surface area contributed by atoms with Crippen LogP contribution in [0.3, 0.4) is 0 Å². The molecule has 0 aromatic heterocycles. The smallest absolute Gasteiger partial charge is 0.231 e. The van der Waals surface area contributed by atoms with Crippen molar-refractivity contribution in [1.29, 1.82) is 0 Å². The Balaban J connectivity index is 2.14. The number of rotatable bonds is 3. The second kappa shape index (κ2) is 5.57. The highest BCUT2D eigenvalue weighted by atomic mass is 16.2. The minimum absolute atomic E-state index is 0.0310. The molecule has 0 aliphatic carbocycles. The summed E-state index contributed by atoms with van der Waals surface area (Å²) in [6, 6.07) is 15.3. The van der Waals surface area contributed by atoms with Crippen LogP contribution in [0.5, 0.6) is 0 Å². The van der Waals surface area contributed by atoms with Crippen molar-refractivity contribution >= 4 is 17.3 Å². The monoisotopic (exact) mass is 254 g/mol. The molecule has 0 bridgehead atoms. The second-order valence-corrected chi connectivity index (χ2v) is 4.67. The molecule has 0 spiro atoms. The summed E-state index contributed by atoms with van der Waals surface area (Å²) in [5, 5.41) is 0. The zero-order valence-corrected chi connectivity index (χ0v) is 11.3. The van der Waals surface area contributed by atoms with Gasteiger partial charge in [0.15, 0.2) is 0 Å². The number of likely N-dealkylation sites (N-methyl/N-ethyl adjacent to an activating group) is 1. The minimum atomic E-state index is 0.0310. The van der Waals surface area contributed by atoms with Crippen LogP contribution < -0.4 is 10.6 Å². The van der Waals surface area contributed by atoms with Gasteiger partial charge in [0.25, 0.3) is 0 Å². The topological polar surface area (TPSA) is 46.3 Å². The van der Waals surface area contributed by atoms with Gasteiger partial charge in [0.2, 0.25) is 5.91 Å². The Bertz CT molecular complexity index is 593. The van der Waals surface area contributed by atoms with E-state index in [-0.39, 0.29) is 5.91 Å². The quantitative estimate of drug-likeness (QED) is 0.856. The molecule has 2 aromatic carbocycles. The summed E-state index contributed by atoms with van der Waals surface area (Å²) in [5.74, 6) is 0.0310. The number of hydrogen-bond donors (Lipinski definition) is 1. The Kier molecular flexibility index (Phi) is 3.85. The molecule has 98 valence electrons. The molecule has 0 saturated carbocycles. The molecule has 0 aliphatic rings. The standard InChI is InChI=1S/C16H18N2O/c1-12-6-5-8-14(10-12)18(2)16(19)11-13-7-3-4-9-15(13)17/h3-10H,11,17H2,1-2H3. The number of aryl methyl sites for hydroxylation is 1. The molecule has 0 unspecified atom stereocenters. The van der Waals surface area contributed by atoms with Gasteiger partial charge in [0.05, 0.1) is 6.42 Å². The van der Waals surface area contributed by atoms with Gasteiger partial charge in [-0.1, -0.05) is 30.3 Å². The molecule has 0 atom stereocenters. The van der Waals surface area contributed by atoms with Crippen LogP contribution in [-0.2, 0) is 11.2 Å². The number of carbonyl (C=O) groups is 1. The average molecular weight is 254 g/mol. The number of anilines is 2. The highest BCUT2D eigenvalue weighted by Crippen LogP contribution is 2.17. The van der Waals surface area contributed by atoms with Crippen LogP contribution in [0.25, 0.3) is 0 Å². The summed E-state index contributed by atoms with van der Waals surface area (Å²) < 4.78 is 0. The Labute approximate surface area is 113 Å². The number of para-hydroxylation sites is 1. The third kappa shape index (κ3) is 3.13. The van der Waals surface area contributed by atoms with Gasteiger partial charge < -0.3 is 10.6 Å². The third-order valence-electron chi connectivity index (χ3n) is 3.16. The zero-order valence-electron chi connectivity index (χ0n) is 11.3. The van der Waals surface area contributed by atoms with E-state index >= 15 is 0 Å². The Hall–Kier alpha value is -2.29. The highest BCUT2D eigenvalue weighted by Gasteiger charge is 2.12. The van der Waals surface area contributed by atoms with E-state index in [1.54, 1.807) is 11.9 Å². The summed E-state index contributed by atoms with van der Waals surface area (Å²) >= 11 is 0. The number of amides is 1. The maximum atomic E-state index is 12.2. The third-order valence-corrected chi connectivity index (χ3v) is 3.16. The van der Waals surface area contributed by atoms with E-state index in [2.05, 4.69) is 0 Å². The predicted octanol–water partition coefficient (Wildman–Crippen LogP) is 2.78. The van der Waals surface area contributed by atoms with Crippen molar-refractivity contribution < 1.29 is 4.79 Å². The Morgan fingerprint density at radius 2 is 1.89 bits per heavy atom. The van der Waals surface area contributed by atoms with E-state index in [9.17, 15) is 4.79 Å². The number of nitrogen functional groups attached to an aromatic ring is 1. The van der Waals surface area contributed by atoms with Gasteiger partial charge in [0, 0.05) is 18.4 Å². The van der Waals surface area contributed by atoms with E-state index in [4.69, 9.17) is 5.73 Å².